The lowest BCUT2D eigenvalue weighted by molar-refractivity contribution is 0.103. The van der Waals surface area contributed by atoms with E-state index in [-0.39, 0.29) is 5.78 Å². The molecular weight excluding hydrogens is 256 g/mol. The Morgan fingerprint density at radius 2 is 2.26 bits per heavy atom. The molecule has 0 spiro atoms. The summed E-state index contributed by atoms with van der Waals surface area (Å²) in [7, 11) is 0. The van der Waals surface area contributed by atoms with E-state index >= 15 is 0 Å². The molecule has 0 atom stereocenters. The molecule has 0 aliphatic rings. The Kier molecular flexibility index (Phi) is 3.01. The normalized spacial score (nSPS) is 10.7. The molecule has 3 aromatic rings. The second-order valence-corrected chi connectivity index (χ2v) is 5.25. The lowest BCUT2D eigenvalue weighted by atomic mass is 10.2. The number of aromatic nitrogens is 2. The first-order valence-electron chi connectivity index (χ1n) is 5.95. The van der Waals surface area contributed by atoms with Crippen LogP contribution in [0.25, 0.3) is 10.1 Å². The Hall–Kier alpha value is -2.20. The predicted molar refractivity (Wildman–Crippen MR) is 77.7 cm³/mol. The molecule has 0 N–H and O–H groups in total. The smallest absolute Gasteiger partial charge is 0.238 e. The highest BCUT2D eigenvalue weighted by Gasteiger charge is 2.17. The summed E-state index contributed by atoms with van der Waals surface area (Å²) in [5.41, 5.74) is 0. The lowest BCUT2D eigenvalue weighted by Crippen LogP contribution is -2.09. The van der Waals surface area contributed by atoms with Gasteiger partial charge >= 0.3 is 0 Å². The fourth-order valence-electron chi connectivity index (χ4n) is 2.01. The molecule has 0 saturated heterocycles. The summed E-state index contributed by atoms with van der Waals surface area (Å²) in [6.07, 6.45) is 5.19. The van der Waals surface area contributed by atoms with Crippen molar-refractivity contribution < 1.29 is 4.79 Å². The molecule has 0 aliphatic carbocycles. The number of allylic oxidation sites excluding steroid dienone is 1. The average molecular weight is 268 g/mol. The molecular formula is C15H12N2OS. The van der Waals surface area contributed by atoms with E-state index in [2.05, 4.69) is 11.6 Å². The number of benzene rings is 1. The van der Waals surface area contributed by atoms with Gasteiger partial charge in [-0.3, -0.25) is 4.79 Å². The van der Waals surface area contributed by atoms with E-state index in [9.17, 15) is 4.79 Å². The van der Waals surface area contributed by atoms with Gasteiger partial charge in [0.05, 0.1) is 4.88 Å². The third kappa shape index (κ3) is 2.11. The first-order chi connectivity index (χ1) is 9.29. The summed E-state index contributed by atoms with van der Waals surface area (Å²) in [5, 5.41) is 1.10. The molecule has 0 fully saturated rings. The number of ketones is 1. The summed E-state index contributed by atoms with van der Waals surface area (Å²) < 4.78 is 2.92. The number of hydrogen-bond acceptors (Lipinski definition) is 3. The maximum Gasteiger partial charge on any atom is 0.238 e. The first-order valence-corrected chi connectivity index (χ1v) is 6.76. The summed E-state index contributed by atoms with van der Waals surface area (Å²) in [5.74, 6) is 0.430. The maximum absolute atomic E-state index is 12.5. The summed E-state index contributed by atoms with van der Waals surface area (Å²) >= 11 is 1.50. The number of nitrogens with zero attached hydrogens (tertiary/aromatic N) is 2. The minimum atomic E-state index is -0.0342. The number of imidazole rings is 1. The quantitative estimate of drug-likeness (QED) is 0.536. The van der Waals surface area contributed by atoms with Gasteiger partial charge < -0.3 is 4.57 Å². The van der Waals surface area contributed by atoms with E-state index in [4.69, 9.17) is 0 Å². The standard InChI is InChI=1S/C15H12N2OS/c1-2-8-17-9-7-16-15(17)14(18)13-10-11-5-3-4-6-12(11)19-13/h2-7,9-10H,1,8H2. The second kappa shape index (κ2) is 4.82. The number of carbonyl (C=O) groups excluding carboxylic acids is 1. The Balaban J connectivity index is 2.03. The van der Waals surface area contributed by atoms with Gasteiger partial charge in [-0.25, -0.2) is 4.98 Å². The van der Waals surface area contributed by atoms with Crippen LogP contribution in [0.5, 0.6) is 0 Å². The van der Waals surface area contributed by atoms with Crippen molar-refractivity contribution in [2.24, 2.45) is 0 Å². The van der Waals surface area contributed by atoms with Crippen molar-refractivity contribution in [3.05, 3.63) is 66.1 Å². The topological polar surface area (TPSA) is 34.9 Å². The SMILES string of the molecule is C=CCn1ccnc1C(=O)c1cc2ccccc2s1. The molecule has 2 aromatic heterocycles. The van der Waals surface area contributed by atoms with Crippen molar-refractivity contribution in [2.75, 3.05) is 0 Å². The molecule has 0 unspecified atom stereocenters. The van der Waals surface area contributed by atoms with Gasteiger partial charge in [-0.05, 0) is 17.5 Å². The van der Waals surface area contributed by atoms with E-state index in [1.54, 1.807) is 23.0 Å². The second-order valence-electron chi connectivity index (χ2n) is 4.17. The Labute approximate surface area is 114 Å². The fourth-order valence-corrected chi connectivity index (χ4v) is 3.01. The largest absolute Gasteiger partial charge is 0.324 e. The molecule has 19 heavy (non-hydrogen) atoms. The van der Waals surface area contributed by atoms with Gasteiger partial charge in [-0.2, -0.15) is 0 Å². The van der Waals surface area contributed by atoms with E-state index in [1.807, 2.05) is 30.3 Å². The maximum atomic E-state index is 12.5. The molecule has 0 aliphatic heterocycles. The molecule has 94 valence electrons. The zero-order chi connectivity index (χ0) is 13.2. The molecule has 0 amide bonds. The molecule has 0 radical (unpaired) electrons. The Morgan fingerprint density at radius 1 is 1.42 bits per heavy atom. The van der Waals surface area contributed by atoms with Gasteiger partial charge in [0, 0.05) is 23.6 Å². The zero-order valence-electron chi connectivity index (χ0n) is 10.2. The van der Waals surface area contributed by atoms with Gasteiger partial charge in [-0.15, -0.1) is 17.9 Å². The highest BCUT2D eigenvalue weighted by atomic mass is 32.1. The highest BCUT2D eigenvalue weighted by molar-refractivity contribution is 7.21. The number of fused-ring (bicyclic) bond motifs is 1. The zero-order valence-corrected chi connectivity index (χ0v) is 11.1. The predicted octanol–water partition coefficient (Wildman–Crippen LogP) is 3.51. The van der Waals surface area contributed by atoms with Gasteiger partial charge in [0.2, 0.25) is 5.78 Å². The third-order valence-electron chi connectivity index (χ3n) is 2.89. The van der Waals surface area contributed by atoms with Gasteiger partial charge in [-0.1, -0.05) is 24.3 Å². The summed E-state index contributed by atoms with van der Waals surface area (Å²) in [6, 6.07) is 9.91. The van der Waals surface area contributed by atoms with E-state index in [1.165, 1.54) is 11.3 Å². The van der Waals surface area contributed by atoms with Gasteiger partial charge in [0.15, 0.2) is 5.82 Å². The minimum absolute atomic E-state index is 0.0342. The lowest BCUT2D eigenvalue weighted by Gasteiger charge is -2.01. The van der Waals surface area contributed by atoms with E-state index in [0.29, 0.717) is 12.4 Å². The Bertz CT molecular complexity index is 721. The molecule has 3 nitrogen and oxygen atoms in total. The number of rotatable bonds is 4. The van der Waals surface area contributed by atoms with Crippen LogP contribution in [0.15, 0.2) is 55.4 Å². The summed E-state index contributed by atoms with van der Waals surface area (Å²) in [6.45, 7) is 4.28. The highest BCUT2D eigenvalue weighted by Crippen LogP contribution is 2.26. The fraction of sp³-hybridized carbons (Fsp3) is 0.0667. The van der Waals surface area contributed by atoms with Gasteiger partial charge in [0.1, 0.15) is 0 Å². The number of hydrogen-bond donors (Lipinski definition) is 0. The van der Waals surface area contributed by atoms with Crippen LogP contribution in [0.4, 0.5) is 0 Å². The van der Waals surface area contributed by atoms with Crippen LogP contribution in [0.1, 0.15) is 15.5 Å². The Morgan fingerprint density at radius 3 is 3.05 bits per heavy atom. The minimum Gasteiger partial charge on any atom is -0.324 e. The van der Waals surface area contributed by atoms with Crippen molar-refractivity contribution in [1.29, 1.82) is 0 Å². The monoisotopic (exact) mass is 268 g/mol. The molecule has 2 heterocycles. The van der Waals surface area contributed by atoms with Crippen LogP contribution in [-0.2, 0) is 6.54 Å². The van der Waals surface area contributed by atoms with Crippen molar-refractivity contribution in [3.8, 4) is 0 Å². The van der Waals surface area contributed by atoms with Crippen LogP contribution in [-0.4, -0.2) is 15.3 Å². The van der Waals surface area contributed by atoms with Crippen LogP contribution in [0.2, 0.25) is 0 Å². The van der Waals surface area contributed by atoms with Crippen LogP contribution < -0.4 is 0 Å². The molecule has 4 heteroatoms. The van der Waals surface area contributed by atoms with E-state index in [0.717, 1.165) is 15.0 Å². The third-order valence-corrected chi connectivity index (χ3v) is 4.01. The van der Waals surface area contributed by atoms with Crippen molar-refractivity contribution in [1.82, 2.24) is 9.55 Å². The average Bonchev–Trinajstić information content (AvgIpc) is 3.04. The van der Waals surface area contributed by atoms with Crippen LogP contribution in [0.3, 0.4) is 0 Å². The molecule has 3 rings (SSSR count). The summed E-state index contributed by atoms with van der Waals surface area (Å²) in [4.78, 5) is 17.3. The van der Waals surface area contributed by atoms with Crippen LogP contribution in [0, 0.1) is 0 Å². The molecule has 0 saturated carbocycles. The van der Waals surface area contributed by atoms with Crippen molar-refractivity contribution in [3.63, 3.8) is 0 Å². The number of thiophene rings is 1. The molecule has 1 aromatic carbocycles. The van der Waals surface area contributed by atoms with Crippen molar-refractivity contribution >= 4 is 27.2 Å². The van der Waals surface area contributed by atoms with Crippen LogP contribution >= 0.6 is 11.3 Å². The van der Waals surface area contributed by atoms with Gasteiger partial charge in [0.25, 0.3) is 0 Å². The molecule has 0 bridgehead atoms. The van der Waals surface area contributed by atoms with Crippen molar-refractivity contribution in [2.45, 2.75) is 6.54 Å². The number of carbonyl (C=O) groups is 1. The first kappa shape index (κ1) is 11.9. The van der Waals surface area contributed by atoms with E-state index < -0.39 is 0 Å².